The molecule has 86 valence electrons. The van der Waals surface area contributed by atoms with Gasteiger partial charge in [-0.05, 0) is 32.5 Å². The normalized spacial score (nSPS) is 15.6. The fourth-order valence-corrected chi connectivity index (χ4v) is 1.94. The molecule has 0 aliphatic carbocycles. The first-order chi connectivity index (χ1) is 7.81. The molecule has 0 radical (unpaired) electrons. The lowest BCUT2D eigenvalue weighted by Gasteiger charge is -2.31. The van der Waals surface area contributed by atoms with Crippen LogP contribution in [0.3, 0.4) is 0 Å². The summed E-state index contributed by atoms with van der Waals surface area (Å²) in [6, 6.07) is 8.09. The molecule has 1 fully saturated rings. The lowest BCUT2D eigenvalue weighted by atomic mass is 10.1. The fourth-order valence-electron chi connectivity index (χ4n) is 1.94. The van der Waals surface area contributed by atoms with Crippen LogP contribution in [0.25, 0.3) is 0 Å². The molecule has 0 amide bonds. The van der Waals surface area contributed by atoms with Crippen molar-refractivity contribution in [3.8, 4) is 0 Å². The number of para-hydroxylation sites is 1. The van der Waals surface area contributed by atoms with Crippen LogP contribution >= 0.6 is 0 Å². The Morgan fingerprint density at radius 1 is 1.38 bits per heavy atom. The predicted molar refractivity (Wildman–Crippen MR) is 68.5 cm³/mol. The largest absolute Gasteiger partial charge is 0.385 e. The van der Waals surface area contributed by atoms with E-state index in [1.807, 2.05) is 24.3 Å². The van der Waals surface area contributed by atoms with Crippen LogP contribution < -0.4 is 5.32 Å². The maximum absolute atomic E-state index is 8.13. The lowest BCUT2D eigenvalue weighted by Crippen LogP contribution is -2.40. The number of anilines is 1. The average Bonchev–Trinajstić information content (AvgIpc) is 2.24. The quantitative estimate of drug-likeness (QED) is 0.742. The summed E-state index contributed by atoms with van der Waals surface area (Å²) in [6.45, 7) is 6.05. The first-order valence-corrected chi connectivity index (χ1v) is 5.94. The topological polar surface area (TPSA) is 39.1 Å². The average molecular weight is 217 g/mol. The zero-order valence-corrected chi connectivity index (χ0v) is 9.79. The second-order valence-electron chi connectivity index (χ2n) is 4.18. The second kappa shape index (κ2) is 5.12. The van der Waals surface area contributed by atoms with E-state index < -0.39 is 0 Å². The van der Waals surface area contributed by atoms with Gasteiger partial charge in [-0.2, -0.15) is 0 Å². The van der Waals surface area contributed by atoms with Crippen molar-refractivity contribution >= 4 is 11.4 Å². The third-order valence-corrected chi connectivity index (χ3v) is 2.95. The third-order valence-electron chi connectivity index (χ3n) is 2.95. The molecule has 2 N–H and O–H groups in total. The molecular formula is C13H19N3. The molecule has 3 heteroatoms. The summed E-state index contributed by atoms with van der Waals surface area (Å²) >= 11 is 0. The Bertz CT molecular complexity index is 369. The molecule has 0 aromatic heterocycles. The molecule has 0 spiro atoms. The van der Waals surface area contributed by atoms with Crippen molar-refractivity contribution in [1.82, 2.24) is 4.90 Å². The Morgan fingerprint density at radius 2 is 2.12 bits per heavy atom. The van der Waals surface area contributed by atoms with Crippen molar-refractivity contribution in [2.75, 3.05) is 31.5 Å². The SMILES string of the molecule is CCNc1ccccc1C(=N)CN1CCC1. The van der Waals surface area contributed by atoms with Crippen LogP contribution in [0.1, 0.15) is 18.9 Å². The zero-order chi connectivity index (χ0) is 11.4. The predicted octanol–water partition coefficient (Wildman–Crippen LogP) is 2.19. The monoisotopic (exact) mass is 217 g/mol. The summed E-state index contributed by atoms with van der Waals surface area (Å²) in [5.41, 5.74) is 2.84. The number of nitrogens with one attached hydrogen (secondary N) is 2. The minimum Gasteiger partial charge on any atom is -0.385 e. The highest BCUT2D eigenvalue weighted by molar-refractivity contribution is 6.04. The summed E-state index contributed by atoms with van der Waals surface area (Å²) < 4.78 is 0. The van der Waals surface area contributed by atoms with E-state index in [0.29, 0.717) is 0 Å². The Balaban J connectivity index is 2.08. The number of rotatable bonds is 5. The van der Waals surface area contributed by atoms with E-state index >= 15 is 0 Å². The van der Waals surface area contributed by atoms with E-state index in [-0.39, 0.29) is 0 Å². The summed E-state index contributed by atoms with van der Waals surface area (Å²) in [4.78, 5) is 2.31. The molecule has 1 heterocycles. The van der Waals surface area contributed by atoms with Gasteiger partial charge < -0.3 is 10.7 Å². The molecule has 1 aliphatic rings. The zero-order valence-electron chi connectivity index (χ0n) is 9.79. The van der Waals surface area contributed by atoms with Gasteiger partial charge in [0.05, 0.1) is 5.71 Å². The first kappa shape index (κ1) is 11.1. The van der Waals surface area contributed by atoms with E-state index in [0.717, 1.165) is 43.1 Å². The van der Waals surface area contributed by atoms with Crippen molar-refractivity contribution in [2.45, 2.75) is 13.3 Å². The molecule has 0 unspecified atom stereocenters. The molecule has 16 heavy (non-hydrogen) atoms. The molecule has 3 nitrogen and oxygen atoms in total. The summed E-state index contributed by atoms with van der Waals surface area (Å²) in [5, 5.41) is 11.4. The van der Waals surface area contributed by atoms with E-state index in [4.69, 9.17) is 5.41 Å². The number of likely N-dealkylation sites (tertiary alicyclic amines) is 1. The Kier molecular flexibility index (Phi) is 3.57. The molecular weight excluding hydrogens is 198 g/mol. The van der Waals surface area contributed by atoms with Crippen LogP contribution in [0.4, 0.5) is 5.69 Å². The molecule has 1 saturated heterocycles. The maximum atomic E-state index is 8.13. The number of hydrogen-bond acceptors (Lipinski definition) is 3. The molecule has 1 aromatic carbocycles. The standard InChI is InChI=1S/C13H19N3/c1-2-15-13-7-4-3-6-11(13)12(14)10-16-8-5-9-16/h3-4,6-7,14-15H,2,5,8-10H2,1H3. The minimum absolute atomic E-state index is 0.719. The van der Waals surface area contributed by atoms with E-state index in [9.17, 15) is 0 Å². The maximum Gasteiger partial charge on any atom is 0.0547 e. The van der Waals surface area contributed by atoms with Gasteiger partial charge in [0.15, 0.2) is 0 Å². The van der Waals surface area contributed by atoms with Crippen LogP contribution in [0.15, 0.2) is 24.3 Å². The van der Waals surface area contributed by atoms with Gasteiger partial charge in [-0.3, -0.25) is 4.90 Å². The highest BCUT2D eigenvalue weighted by Gasteiger charge is 2.17. The Labute approximate surface area is 97.0 Å². The van der Waals surface area contributed by atoms with Crippen LogP contribution in [-0.4, -0.2) is 36.8 Å². The highest BCUT2D eigenvalue weighted by atomic mass is 15.2. The summed E-state index contributed by atoms with van der Waals surface area (Å²) in [5.74, 6) is 0. The van der Waals surface area contributed by atoms with Gasteiger partial charge >= 0.3 is 0 Å². The van der Waals surface area contributed by atoms with Crippen molar-refractivity contribution in [3.05, 3.63) is 29.8 Å². The molecule has 1 aromatic rings. The van der Waals surface area contributed by atoms with Crippen LogP contribution in [0, 0.1) is 5.41 Å². The van der Waals surface area contributed by atoms with Gasteiger partial charge in [0.1, 0.15) is 0 Å². The van der Waals surface area contributed by atoms with Crippen LogP contribution in [-0.2, 0) is 0 Å². The van der Waals surface area contributed by atoms with Crippen molar-refractivity contribution < 1.29 is 0 Å². The number of benzene rings is 1. The first-order valence-electron chi connectivity index (χ1n) is 5.94. The van der Waals surface area contributed by atoms with Gasteiger partial charge in [0.2, 0.25) is 0 Å². The fraction of sp³-hybridized carbons (Fsp3) is 0.462. The summed E-state index contributed by atoms with van der Waals surface area (Å²) in [7, 11) is 0. The van der Waals surface area contributed by atoms with Gasteiger partial charge in [0, 0.05) is 24.3 Å². The van der Waals surface area contributed by atoms with Crippen molar-refractivity contribution in [1.29, 1.82) is 5.41 Å². The van der Waals surface area contributed by atoms with E-state index in [1.54, 1.807) is 0 Å². The third kappa shape index (κ3) is 2.42. The molecule has 1 aliphatic heterocycles. The minimum atomic E-state index is 0.719. The van der Waals surface area contributed by atoms with Crippen LogP contribution in [0.5, 0.6) is 0 Å². The van der Waals surface area contributed by atoms with Gasteiger partial charge in [-0.25, -0.2) is 0 Å². The van der Waals surface area contributed by atoms with Crippen molar-refractivity contribution in [3.63, 3.8) is 0 Å². The Hall–Kier alpha value is -1.35. The smallest absolute Gasteiger partial charge is 0.0547 e. The Morgan fingerprint density at radius 3 is 2.75 bits per heavy atom. The molecule has 0 bridgehead atoms. The van der Waals surface area contributed by atoms with Gasteiger partial charge in [-0.1, -0.05) is 18.2 Å². The van der Waals surface area contributed by atoms with Gasteiger partial charge in [0.25, 0.3) is 0 Å². The highest BCUT2D eigenvalue weighted by Crippen LogP contribution is 2.17. The van der Waals surface area contributed by atoms with Gasteiger partial charge in [-0.15, -0.1) is 0 Å². The van der Waals surface area contributed by atoms with E-state index in [2.05, 4.69) is 17.1 Å². The molecule has 0 atom stereocenters. The number of nitrogens with zero attached hydrogens (tertiary/aromatic N) is 1. The summed E-state index contributed by atoms with van der Waals surface area (Å²) in [6.07, 6.45) is 1.28. The number of hydrogen-bond donors (Lipinski definition) is 2. The van der Waals surface area contributed by atoms with E-state index in [1.165, 1.54) is 6.42 Å². The second-order valence-corrected chi connectivity index (χ2v) is 4.18. The van der Waals surface area contributed by atoms with Crippen molar-refractivity contribution in [2.24, 2.45) is 0 Å². The van der Waals surface area contributed by atoms with Crippen LogP contribution in [0.2, 0.25) is 0 Å². The lowest BCUT2D eigenvalue weighted by molar-refractivity contribution is 0.210. The molecule has 0 saturated carbocycles. The molecule has 2 rings (SSSR count).